The van der Waals surface area contributed by atoms with Crippen molar-refractivity contribution >= 4 is 17.6 Å². The lowest BCUT2D eigenvalue weighted by molar-refractivity contribution is -0.149. The number of ether oxygens (including phenoxy) is 2. The minimum Gasteiger partial charge on any atom is -0.478 e. The molecule has 7 nitrogen and oxygen atoms in total. The first-order valence-electron chi connectivity index (χ1n) is 8.42. The Hall–Kier alpha value is -3.61. The summed E-state index contributed by atoms with van der Waals surface area (Å²) in [6.07, 6.45) is -1.12. The summed E-state index contributed by atoms with van der Waals surface area (Å²) in [4.78, 5) is 24.1. The second-order valence-corrected chi connectivity index (χ2v) is 6.01. The third-order valence-electron chi connectivity index (χ3n) is 4.06. The molecule has 27 heavy (non-hydrogen) atoms. The number of carbonyl (C=O) groups is 2. The molecule has 3 aromatic rings. The number of esters is 1. The summed E-state index contributed by atoms with van der Waals surface area (Å²) in [5.74, 6) is 0.185. The topological polar surface area (TPSA) is 90.7 Å². The monoisotopic (exact) mass is 364 g/mol. The summed E-state index contributed by atoms with van der Waals surface area (Å²) in [5.41, 5.74) is 1.96. The molecule has 2 aromatic carbocycles. The van der Waals surface area contributed by atoms with Gasteiger partial charge in [-0.15, -0.1) is 0 Å². The molecule has 1 N–H and O–H groups in total. The van der Waals surface area contributed by atoms with Crippen LogP contribution >= 0.6 is 0 Å². The van der Waals surface area contributed by atoms with Gasteiger partial charge in [0.25, 0.3) is 5.91 Å². The van der Waals surface area contributed by atoms with Crippen LogP contribution in [0, 0.1) is 0 Å². The highest BCUT2D eigenvalue weighted by Crippen LogP contribution is 2.29. The fourth-order valence-corrected chi connectivity index (χ4v) is 2.71. The van der Waals surface area contributed by atoms with Gasteiger partial charge in [0, 0.05) is 11.6 Å². The normalized spacial score (nSPS) is 15.4. The van der Waals surface area contributed by atoms with E-state index in [0.717, 1.165) is 5.56 Å². The predicted molar refractivity (Wildman–Crippen MR) is 95.8 cm³/mol. The first-order valence-corrected chi connectivity index (χ1v) is 8.42. The SMILES string of the molecule is O=C(C[C@@H]1Oc2ccccc2NC1=O)OCc1cc(-c2ccccc2)on1. The molecule has 0 bridgehead atoms. The van der Waals surface area contributed by atoms with E-state index in [-0.39, 0.29) is 18.9 Å². The first kappa shape index (κ1) is 16.8. The molecule has 0 aliphatic carbocycles. The number of rotatable bonds is 5. The van der Waals surface area contributed by atoms with E-state index in [1.165, 1.54) is 0 Å². The molecule has 0 radical (unpaired) electrons. The van der Waals surface area contributed by atoms with Gasteiger partial charge in [-0.25, -0.2) is 0 Å². The molecular formula is C20H16N2O5. The molecule has 1 amide bonds. The number of anilines is 1. The van der Waals surface area contributed by atoms with Gasteiger partial charge < -0.3 is 19.3 Å². The number of para-hydroxylation sites is 2. The quantitative estimate of drug-likeness (QED) is 0.699. The molecular weight excluding hydrogens is 348 g/mol. The Bertz CT molecular complexity index is 967. The molecule has 0 saturated heterocycles. The van der Waals surface area contributed by atoms with Crippen LogP contribution in [0.2, 0.25) is 0 Å². The number of nitrogens with zero attached hydrogens (tertiary/aromatic N) is 1. The van der Waals surface area contributed by atoms with Crippen molar-refractivity contribution in [2.75, 3.05) is 5.32 Å². The third-order valence-corrected chi connectivity index (χ3v) is 4.06. The molecule has 1 aromatic heterocycles. The van der Waals surface area contributed by atoms with E-state index in [1.54, 1.807) is 30.3 Å². The van der Waals surface area contributed by atoms with Gasteiger partial charge >= 0.3 is 5.97 Å². The highest BCUT2D eigenvalue weighted by molar-refractivity contribution is 5.99. The minimum absolute atomic E-state index is 0.0416. The highest BCUT2D eigenvalue weighted by Gasteiger charge is 2.30. The molecule has 0 fully saturated rings. The van der Waals surface area contributed by atoms with Crippen molar-refractivity contribution in [1.29, 1.82) is 0 Å². The van der Waals surface area contributed by atoms with Crippen LogP contribution in [-0.4, -0.2) is 23.1 Å². The van der Waals surface area contributed by atoms with Crippen LogP contribution in [-0.2, 0) is 20.9 Å². The van der Waals surface area contributed by atoms with E-state index in [4.69, 9.17) is 14.0 Å². The average molecular weight is 364 g/mol. The zero-order valence-electron chi connectivity index (χ0n) is 14.3. The molecule has 2 heterocycles. The summed E-state index contributed by atoms with van der Waals surface area (Å²) >= 11 is 0. The maximum Gasteiger partial charge on any atom is 0.310 e. The van der Waals surface area contributed by atoms with Crippen LogP contribution in [0.25, 0.3) is 11.3 Å². The average Bonchev–Trinajstić information content (AvgIpc) is 3.17. The summed E-state index contributed by atoms with van der Waals surface area (Å²) in [6.45, 7) is -0.0416. The summed E-state index contributed by atoms with van der Waals surface area (Å²) in [7, 11) is 0. The van der Waals surface area contributed by atoms with E-state index in [9.17, 15) is 9.59 Å². The van der Waals surface area contributed by atoms with Crippen molar-refractivity contribution in [1.82, 2.24) is 5.16 Å². The second kappa shape index (κ2) is 7.33. The molecule has 1 atom stereocenters. The Morgan fingerprint density at radius 1 is 1.11 bits per heavy atom. The zero-order chi connectivity index (χ0) is 18.6. The van der Waals surface area contributed by atoms with Crippen LogP contribution in [0.1, 0.15) is 12.1 Å². The molecule has 0 saturated carbocycles. The minimum atomic E-state index is -0.926. The Balaban J connectivity index is 1.33. The summed E-state index contributed by atoms with van der Waals surface area (Å²) in [6, 6.07) is 18.2. The van der Waals surface area contributed by atoms with E-state index in [0.29, 0.717) is 22.9 Å². The van der Waals surface area contributed by atoms with Gasteiger partial charge in [-0.1, -0.05) is 47.6 Å². The summed E-state index contributed by atoms with van der Waals surface area (Å²) < 4.78 is 16.0. The highest BCUT2D eigenvalue weighted by atomic mass is 16.5. The lowest BCUT2D eigenvalue weighted by Crippen LogP contribution is -2.38. The first-order chi connectivity index (χ1) is 13.2. The molecule has 0 spiro atoms. The number of amides is 1. The lowest BCUT2D eigenvalue weighted by Gasteiger charge is -2.25. The number of fused-ring (bicyclic) bond motifs is 1. The number of aromatic nitrogens is 1. The number of carbonyl (C=O) groups excluding carboxylic acids is 2. The number of nitrogens with one attached hydrogen (secondary N) is 1. The molecule has 1 aliphatic rings. The van der Waals surface area contributed by atoms with E-state index in [2.05, 4.69) is 10.5 Å². The van der Waals surface area contributed by atoms with Crippen molar-refractivity contribution in [3.8, 4) is 17.1 Å². The molecule has 1 aliphatic heterocycles. The maximum absolute atomic E-state index is 12.1. The number of hydrogen-bond donors (Lipinski definition) is 1. The van der Waals surface area contributed by atoms with Crippen LogP contribution in [0.15, 0.2) is 65.2 Å². The largest absolute Gasteiger partial charge is 0.478 e. The van der Waals surface area contributed by atoms with E-state index < -0.39 is 12.1 Å². The van der Waals surface area contributed by atoms with Crippen LogP contribution < -0.4 is 10.1 Å². The van der Waals surface area contributed by atoms with Gasteiger partial charge in [0.2, 0.25) is 0 Å². The fourth-order valence-electron chi connectivity index (χ4n) is 2.71. The van der Waals surface area contributed by atoms with Crippen molar-refractivity contribution in [3.63, 3.8) is 0 Å². The van der Waals surface area contributed by atoms with Gasteiger partial charge in [0.1, 0.15) is 18.1 Å². The van der Waals surface area contributed by atoms with Crippen molar-refractivity contribution in [2.24, 2.45) is 0 Å². The van der Waals surface area contributed by atoms with Gasteiger partial charge in [0.15, 0.2) is 11.9 Å². The number of hydrogen-bond acceptors (Lipinski definition) is 6. The Morgan fingerprint density at radius 2 is 1.89 bits per heavy atom. The summed E-state index contributed by atoms with van der Waals surface area (Å²) in [5, 5.41) is 6.60. The van der Waals surface area contributed by atoms with E-state index in [1.807, 2.05) is 30.3 Å². The molecule has 0 unspecified atom stereocenters. The standard InChI is InChI=1S/C20H16N2O5/c23-19(11-18-20(24)21-15-8-4-5-9-16(15)26-18)25-12-14-10-17(27-22-14)13-6-2-1-3-7-13/h1-10,18H,11-12H2,(H,21,24)/t18-/m0/s1. The van der Waals surface area contributed by atoms with Gasteiger partial charge in [-0.3, -0.25) is 9.59 Å². The Labute approximate surface area is 154 Å². The lowest BCUT2D eigenvalue weighted by atomic mass is 10.1. The van der Waals surface area contributed by atoms with Crippen LogP contribution in [0.4, 0.5) is 5.69 Å². The van der Waals surface area contributed by atoms with Crippen molar-refractivity contribution in [2.45, 2.75) is 19.1 Å². The fraction of sp³-hybridized carbons (Fsp3) is 0.150. The van der Waals surface area contributed by atoms with Crippen LogP contribution in [0.5, 0.6) is 5.75 Å². The van der Waals surface area contributed by atoms with Gasteiger partial charge in [0.05, 0.1) is 12.1 Å². The molecule has 4 rings (SSSR count). The van der Waals surface area contributed by atoms with Crippen LogP contribution in [0.3, 0.4) is 0 Å². The molecule has 7 heteroatoms. The predicted octanol–water partition coefficient (Wildman–Crippen LogP) is 3.17. The number of benzene rings is 2. The second-order valence-electron chi connectivity index (χ2n) is 6.01. The Morgan fingerprint density at radius 3 is 2.74 bits per heavy atom. The van der Waals surface area contributed by atoms with E-state index >= 15 is 0 Å². The third kappa shape index (κ3) is 3.82. The Kier molecular flexibility index (Phi) is 4.57. The maximum atomic E-state index is 12.1. The van der Waals surface area contributed by atoms with Crippen molar-refractivity contribution < 1.29 is 23.6 Å². The van der Waals surface area contributed by atoms with Crippen molar-refractivity contribution in [3.05, 3.63) is 66.4 Å². The van der Waals surface area contributed by atoms with Gasteiger partial charge in [-0.05, 0) is 12.1 Å². The zero-order valence-corrected chi connectivity index (χ0v) is 14.3. The molecule has 136 valence electrons. The van der Waals surface area contributed by atoms with Gasteiger partial charge in [-0.2, -0.15) is 0 Å². The smallest absolute Gasteiger partial charge is 0.310 e.